The number of H-pyrrole nitrogens is 1. The molecule has 0 spiro atoms. The first-order chi connectivity index (χ1) is 18.2. The summed E-state index contributed by atoms with van der Waals surface area (Å²) in [4.78, 5) is 30.2. The van der Waals surface area contributed by atoms with E-state index in [4.69, 9.17) is 9.16 Å². The summed E-state index contributed by atoms with van der Waals surface area (Å²) in [5.74, 6) is 0. The van der Waals surface area contributed by atoms with Gasteiger partial charge in [-0.05, 0) is 27.4 Å². The van der Waals surface area contributed by atoms with Crippen LogP contribution in [0.2, 0.25) is 5.04 Å². The number of rotatable bonds is 9. The maximum atomic E-state index is 12.8. The smallest absolute Gasteiger partial charge is 0.330 e. The highest BCUT2D eigenvalue weighted by Gasteiger charge is 2.51. The number of azide groups is 1. The summed E-state index contributed by atoms with van der Waals surface area (Å²) in [6.45, 7) is 8.75. The van der Waals surface area contributed by atoms with Gasteiger partial charge in [0.2, 0.25) is 0 Å². The third kappa shape index (κ3) is 5.39. The van der Waals surface area contributed by atoms with Crippen LogP contribution in [0.15, 0.2) is 81.4 Å². The number of nitrogens with zero attached hydrogens (tertiary/aromatic N) is 4. The molecule has 10 heteroatoms. The molecule has 0 unspecified atom stereocenters. The molecule has 1 saturated heterocycles. The lowest BCUT2D eigenvalue weighted by molar-refractivity contribution is -0.0252. The van der Waals surface area contributed by atoms with Crippen molar-refractivity contribution in [3.63, 3.8) is 0 Å². The highest BCUT2D eigenvalue weighted by atomic mass is 28.4. The third-order valence-electron chi connectivity index (χ3n) is 7.14. The summed E-state index contributed by atoms with van der Waals surface area (Å²) >= 11 is 0. The van der Waals surface area contributed by atoms with E-state index in [0.29, 0.717) is 18.5 Å². The number of hydrogen-bond acceptors (Lipinski definition) is 5. The molecule has 9 nitrogen and oxygen atoms in total. The average Bonchev–Trinajstić information content (AvgIpc) is 3.27. The largest absolute Gasteiger partial charge is 0.405 e. The zero-order valence-electron chi connectivity index (χ0n) is 22.3. The maximum Gasteiger partial charge on any atom is 0.330 e. The zero-order valence-corrected chi connectivity index (χ0v) is 23.3. The van der Waals surface area contributed by atoms with Crippen molar-refractivity contribution < 1.29 is 9.16 Å². The van der Waals surface area contributed by atoms with Crippen LogP contribution < -0.4 is 21.6 Å². The second kappa shape index (κ2) is 11.5. The van der Waals surface area contributed by atoms with Gasteiger partial charge in [-0.2, -0.15) is 0 Å². The lowest BCUT2D eigenvalue weighted by Crippen LogP contribution is -2.67. The van der Waals surface area contributed by atoms with Gasteiger partial charge in [0.15, 0.2) is 0 Å². The molecule has 3 atom stereocenters. The molecule has 1 N–H and O–H groups in total. The standard InChI is InChI=1S/C28H35N5O4Si/c1-5-12-20-17-25(34)30-27(35)33(20)26-18-23(31-32-29)24(37-26)19-36-38(28(2,3)4,21-13-8-6-9-14-21)22-15-10-7-11-16-22/h6-11,13-17,23-24,26H,5,12,18-19H2,1-4H3,(H,30,34,35)/t23-,24+,26+/m0/s1. The minimum atomic E-state index is -2.84. The summed E-state index contributed by atoms with van der Waals surface area (Å²) < 4.78 is 14.9. The molecule has 0 aliphatic carbocycles. The lowest BCUT2D eigenvalue weighted by Gasteiger charge is -2.43. The van der Waals surface area contributed by atoms with Crippen LogP contribution in [-0.4, -0.2) is 36.6 Å². The minimum absolute atomic E-state index is 0.189. The van der Waals surface area contributed by atoms with Crippen molar-refractivity contribution in [2.75, 3.05) is 6.61 Å². The van der Waals surface area contributed by atoms with Gasteiger partial charge in [-0.1, -0.05) is 99.9 Å². The van der Waals surface area contributed by atoms with Gasteiger partial charge >= 0.3 is 5.69 Å². The van der Waals surface area contributed by atoms with Gasteiger partial charge in [0.25, 0.3) is 13.9 Å². The number of aryl methyl sites for hydroxylation is 1. The van der Waals surface area contributed by atoms with Crippen LogP contribution in [-0.2, 0) is 15.6 Å². The molecule has 2 aromatic carbocycles. The van der Waals surface area contributed by atoms with Crippen LogP contribution in [0.1, 0.15) is 52.5 Å². The first kappa shape index (κ1) is 27.6. The highest BCUT2D eigenvalue weighted by molar-refractivity contribution is 6.99. The average molecular weight is 534 g/mol. The van der Waals surface area contributed by atoms with Crippen LogP contribution in [0.3, 0.4) is 0 Å². The van der Waals surface area contributed by atoms with Gasteiger partial charge in [-0.15, -0.1) is 0 Å². The van der Waals surface area contributed by atoms with Gasteiger partial charge in [-0.3, -0.25) is 14.3 Å². The molecule has 1 aliphatic rings. The van der Waals surface area contributed by atoms with E-state index in [1.165, 1.54) is 10.6 Å². The summed E-state index contributed by atoms with van der Waals surface area (Å²) in [6, 6.07) is 21.5. The molecule has 3 aromatic rings. The Kier molecular flexibility index (Phi) is 8.37. The van der Waals surface area contributed by atoms with Gasteiger partial charge in [0.1, 0.15) is 6.23 Å². The molecular weight excluding hydrogens is 498 g/mol. The second-order valence-corrected chi connectivity index (χ2v) is 15.0. The Morgan fingerprint density at radius 1 is 1.11 bits per heavy atom. The monoisotopic (exact) mass is 533 g/mol. The molecule has 0 radical (unpaired) electrons. The highest BCUT2D eigenvalue weighted by Crippen LogP contribution is 2.38. The lowest BCUT2D eigenvalue weighted by atomic mass is 10.1. The van der Waals surface area contributed by atoms with Crippen LogP contribution in [0.25, 0.3) is 10.4 Å². The van der Waals surface area contributed by atoms with E-state index < -0.39 is 37.9 Å². The molecule has 200 valence electrons. The first-order valence-electron chi connectivity index (χ1n) is 13.0. The maximum absolute atomic E-state index is 12.8. The Morgan fingerprint density at radius 3 is 2.24 bits per heavy atom. The van der Waals surface area contributed by atoms with Gasteiger partial charge < -0.3 is 9.16 Å². The number of benzene rings is 2. The SMILES string of the molecule is CCCc1cc(=O)[nH]c(=O)n1[C@H]1C[C@H](N=[N+]=[N-])[C@@H](CO[Si](c2ccccc2)(c2ccccc2)C(C)(C)C)O1. The number of ether oxygens (including phenoxy) is 1. The Hall–Kier alpha value is -3.43. The van der Waals surface area contributed by atoms with E-state index >= 15 is 0 Å². The zero-order chi connectivity index (χ0) is 27.3. The number of aromatic amines is 1. The quantitative estimate of drug-likeness (QED) is 0.193. The predicted octanol–water partition coefficient (Wildman–Crippen LogP) is 4.03. The summed E-state index contributed by atoms with van der Waals surface area (Å²) in [5.41, 5.74) is 8.93. The topological polar surface area (TPSA) is 122 Å². The Morgan fingerprint density at radius 2 is 1.71 bits per heavy atom. The first-order valence-corrected chi connectivity index (χ1v) is 14.9. The molecule has 4 rings (SSSR count). The molecule has 1 aromatic heterocycles. The molecule has 38 heavy (non-hydrogen) atoms. The number of hydrogen-bond donors (Lipinski definition) is 1. The minimum Gasteiger partial charge on any atom is -0.405 e. The van der Waals surface area contributed by atoms with Gasteiger partial charge in [0.05, 0.1) is 18.8 Å². The van der Waals surface area contributed by atoms with E-state index in [-0.39, 0.29) is 11.6 Å². The summed E-state index contributed by atoms with van der Waals surface area (Å²) in [5, 5.41) is 6.06. The number of aromatic nitrogens is 2. The van der Waals surface area contributed by atoms with Crippen LogP contribution in [0.5, 0.6) is 0 Å². The van der Waals surface area contributed by atoms with Crippen molar-refractivity contribution in [1.29, 1.82) is 0 Å². The second-order valence-electron chi connectivity index (χ2n) is 10.7. The van der Waals surface area contributed by atoms with Crippen molar-refractivity contribution >= 4 is 18.7 Å². The third-order valence-corrected chi connectivity index (χ3v) is 12.1. The van der Waals surface area contributed by atoms with Gasteiger partial charge in [-0.25, -0.2) is 4.79 Å². The van der Waals surface area contributed by atoms with Crippen LogP contribution in [0, 0.1) is 0 Å². The predicted molar refractivity (Wildman–Crippen MR) is 150 cm³/mol. The fourth-order valence-electron chi connectivity index (χ4n) is 5.50. The van der Waals surface area contributed by atoms with Crippen LogP contribution >= 0.6 is 0 Å². The fourth-order valence-corrected chi connectivity index (χ4v) is 10.1. The van der Waals surface area contributed by atoms with Crippen molar-refractivity contribution in [2.24, 2.45) is 5.11 Å². The van der Waals surface area contributed by atoms with Crippen molar-refractivity contribution in [3.8, 4) is 0 Å². The van der Waals surface area contributed by atoms with Crippen molar-refractivity contribution in [3.05, 3.63) is 104 Å². The van der Waals surface area contributed by atoms with Crippen molar-refractivity contribution in [1.82, 2.24) is 9.55 Å². The van der Waals surface area contributed by atoms with E-state index in [2.05, 4.69) is 60.0 Å². The Bertz CT molecular complexity index is 1350. The molecule has 1 fully saturated rings. The van der Waals surface area contributed by atoms with E-state index in [1.807, 2.05) is 43.3 Å². The molecule has 1 aliphatic heterocycles. The Balaban J connectivity index is 1.72. The normalized spacial score (nSPS) is 19.7. The van der Waals surface area contributed by atoms with Gasteiger partial charge in [0, 0.05) is 23.1 Å². The molecule has 0 saturated carbocycles. The summed E-state index contributed by atoms with van der Waals surface area (Å²) in [7, 11) is -2.84. The molecular formula is C28H35N5O4Si. The summed E-state index contributed by atoms with van der Waals surface area (Å²) in [6.07, 6.45) is 0.376. The van der Waals surface area contributed by atoms with Crippen LogP contribution in [0.4, 0.5) is 0 Å². The van der Waals surface area contributed by atoms with E-state index in [9.17, 15) is 15.1 Å². The fraction of sp³-hybridized carbons (Fsp3) is 0.429. The van der Waals surface area contributed by atoms with E-state index in [0.717, 1.165) is 16.8 Å². The van der Waals surface area contributed by atoms with Crippen molar-refractivity contribution in [2.45, 2.75) is 70.4 Å². The number of nitrogens with one attached hydrogen (secondary N) is 1. The molecule has 2 heterocycles. The Labute approximate surface area is 223 Å². The van der Waals surface area contributed by atoms with E-state index in [1.54, 1.807) is 0 Å². The molecule has 0 bridgehead atoms. The molecule has 0 amide bonds.